The zero-order chi connectivity index (χ0) is 17.6. The first kappa shape index (κ1) is 16.7. The van der Waals surface area contributed by atoms with E-state index in [1.165, 1.54) is 4.90 Å². The Bertz CT molecular complexity index is 768. The number of amides is 3. The van der Waals surface area contributed by atoms with Gasteiger partial charge in [0.2, 0.25) is 5.91 Å². The largest absolute Gasteiger partial charge is 0.396 e. The molecule has 0 bridgehead atoms. The Labute approximate surface area is 145 Å². The fraction of sp³-hybridized carbons (Fsp3) is 0.158. The number of benzene rings is 2. The first-order chi connectivity index (χ1) is 12.2. The van der Waals surface area contributed by atoms with Gasteiger partial charge in [-0.2, -0.15) is 0 Å². The summed E-state index contributed by atoms with van der Waals surface area (Å²) in [6.45, 7) is -0.0695. The predicted octanol–water partition coefficient (Wildman–Crippen LogP) is 2.82. The summed E-state index contributed by atoms with van der Waals surface area (Å²) in [4.78, 5) is 26.0. The Balaban J connectivity index is 1.88. The molecule has 6 heteroatoms. The van der Waals surface area contributed by atoms with E-state index in [0.717, 1.165) is 22.5 Å². The van der Waals surface area contributed by atoms with Crippen LogP contribution in [0.15, 0.2) is 48.5 Å². The van der Waals surface area contributed by atoms with E-state index in [4.69, 9.17) is 5.11 Å². The molecule has 0 saturated heterocycles. The van der Waals surface area contributed by atoms with Crippen molar-refractivity contribution in [1.82, 2.24) is 10.9 Å². The maximum absolute atomic E-state index is 12.8. The molecule has 1 aliphatic rings. The number of carbonyl (C=O) groups is 2. The second-order valence-corrected chi connectivity index (χ2v) is 5.59. The average Bonchev–Trinajstić information content (AvgIpc) is 2.81. The third kappa shape index (κ3) is 3.70. The predicted molar refractivity (Wildman–Crippen MR) is 96.9 cm³/mol. The second-order valence-electron chi connectivity index (χ2n) is 5.59. The first-order valence-electron chi connectivity index (χ1n) is 8.06. The van der Waals surface area contributed by atoms with Crippen LogP contribution < -0.4 is 15.8 Å². The molecule has 3 rings (SSSR count). The van der Waals surface area contributed by atoms with E-state index in [9.17, 15) is 9.59 Å². The van der Waals surface area contributed by atoms with E-state index in [2.05, 4.69) is 10.9 Å². The van der Waals surface area contributed by atoms with Crippen LogP contribution in [0.5, 0.6) is 0 Å². The summed E-state index contributed by atoms with van der Waals surface area (Å²) in [5, 5.41) is 8.76. The van der Waals surface area contributed by atoms with Gasteiger partial charge in [0, 0.05) is 13.0 Å². The smallest absolute Gasteiger partial charge is 0.345 e. The molecule has 1 aliphatic heterocycles. The SMILES string of the molecule is O=C(CCCO)NNC(=O)N1c2ccccc2C=Cc2ccccc21. The van der Waals surface area contributed by atoms with E-state index >= 15 is 0 Å². The van der Waals surface area contributed by atoms with E-state index in [0.29, 0.717) is 6.42 Å². The molecule has 2 aromatic carbocycles. The molecule has 3 amide bonds. The van der Waals surface area contributed by atoms with Gasteiger partial charge in [0.1, 0.15) is 0 Å². The minimum absolute atomic E-state index is 0.0695. The van der Waals surface area contributed by atoms with Gasteiger partial charge >= 0.3 is 6.03 Å². The maximum atomic E-state index is 12.8. The number of carbonyl (C=O) groups excluding carboxylic acids is 2. The number of para-hydroxylation sites is 2. The first-order valence-corrected chi connectivity index (χ1v) is 8.06. The second kappa shape index (κ2) is 7.63. The van der Waals surface area contributed by atoms with Crippen molar-refractivity contribution in [2.75, 3.05) is 11.5 Å². The lowest BCUT2D eigenvalue weighted by atomic mass is 10.1. The van der Waals surface area contributed by atoms with Gasteiger partial charge < -0.3 is 5.11 Å². The fourth-order valence-corrected chi connectivity index (χ4v) is 2.67. The number of hydrazine groups is 1. The van der Waals surface area contributed by atoms with Crippen LogP contribution in [0.3, 0.4) is 0 Å². The van der Waals surface area contributed by atoms with Crippen molar-refractivity contribution in [3.8, 4) is 0 Å². The summed E-state index contributed by atoms with van der Waals surface area (Å²) in [5.41, 5.74) is 8.10. The van der Waals surface area contributed by atoms with Crippen molar-refractivity contribution in [2.45, 2.75) is 12.8 Å². The molecule has 1 heterocycles. The van der Waals surface area contributed by atoms with Gasteiger partial charge in [-0.05, 0) is 29.7 Å². The molecule has 25 heavy (non-hydrogen) atoms. The van der Waals surface area contributed by atoms with Crippen molar-refractivity contribution >= 4 is 35.5 Å². The van der Waals surface area contributed by atoms with Crippen molar-refractivity contribution in [2.24, 2.45) is 0 Å². The van der Waals surface area contributed by atoms with Crippen LogP contribution >= 0.6 is 0 Å². The summed E-state index contributed by atoms with van der Waals surface area (Å²) < 4.78 is 0. The summed E-state index contributed by atoms with van der Waals surface area (Å²) in [6.07, 6.45) is 4.41. The number of hydrogen-bond acceptors (Lipinski definition) is 3. The lowest BCUT2D eigenvalue weighted by molar-refractivity contribution is -0.122. The van der Waals surface area contributed by atoms with Crippen LogP contribution in [-0.4, -0.2) is 23.7 Å². The topological polar surface area (TPSA) is 81.7 Å². The highest BCUT2D eigenvalue weighted by molar-refractivity contribution is 6.05. The highest BCUT2D eigenvalue weighted by Gasteiger charge is 2.23. The number of fused-ring (bicyclic) bond motifs is 2. The van der Waals surface area contributed by atoms with E-state index in [1.807, 2.05) is 60.7 Å². The molecule has 0 atom stereocenters. The quantitative estimate of drug-likeness (QED) is 0.753. The number of hydrogen-bond donors (Lipinski definition) is 3. The van der Waals surface area contributed by atoms with Gasteiger partial charge in [0.15, 0.2) is 0 Å². The minimum Gasteiger partial charge on any atom is -0.396 e. The molecule has 0 unspecified atom stereocenters. The van der Waals surface area contributed by atoms with Crippen LogP contribution in [-0.2, 0) is 4.79 Å². The Kier molecular flexibility index (Phi) is 5.11. The van der Waals surface area contributed by atoms with Gasteiger partial charge in [-0.1, -0.05) is 48.6 Å². The lowest BCUT2D eigenvalue weighted by Gasteiger charge is -2.25. The van der Waals surface area contributed by atoms with Crippen molar-refractivity contribution < 1.29 is 14.7 Å². The highest BCUT2D eigenvalue weighted by Crippen LogP contribution is 2.35. The van der Waals surface area contributed by atoms with E-state index in [-0.39, 0.29) is 18.9 Å². The monoisotopic (exact) mass is 337 g/mol. The van der Waals surface area contributed by atoms with Crippen LogP contribution in [0.25, 0.3) is 12.2 Å². The molecule has 0 aromatic heterocycles. The molecule has 0 spiro atoms. The van der Waals surface area contributed by atoms with Crippen LogP contribution in [0.2, 0.25) is 0 Å². The molecule has 128 valence electrons. The number of urea groups is 1. The highest BCUT2D eigenvalue weighted by atomic mass is 16.3. The van der Waals surface area contributed by atoms with Crippen molar-refractivity contribution in [3.05, 3.63) is 59.7 Å². The zero-order valence-corrected chi connectivity index (χ0v) is 13.6. The zero-order valence-electron chi connectivity index (χ0n) is 13.6. The Morgan fingerprint density at radius 1 is 0.880 bits per heavy atom. The van der Waals surface area contributed by atoms with E-state index in [1.54, 1.807) is 0 Å². The number of aliphatic hydroxyl groups excluding tert-OH is 1. The molecule has 6 nitrogen and oxygen atoms in total. The normalized spacial score (nSPS) is 12.0. The van der Waals surface area contributed by atoms with Gasteiger partial charge in [0.05, 0.1) is 11.4 Å². The van der Waals surface area contributed by atoms with Gasteiger partial charge in [0.25, 0.3) is 0 Å². The Morgan fingerprint density at radius 2 is 1.44 bits per heavy atom. The van der Waals surface area contributed by atoms with Gasteiger partial charge in [-0.3, -0.25) is 15.1 Å². The van der Waals surface area contributed by atoms with Crippen LogP contribution in [0.4, 0.5) is 16.2 Å². The standard InChI is InChI=1S/C19H19N3O3/c23-13-5-10-18(24)20-21-19(25)22-16-8-3-1-6-14(16)11-12-15-7-2-4-9-17(15)22/h1-4,6-9,11-12,23H,5,10,13H2,(H,20,24)(H,21,25). The van der Waals surface area contributed by atoms with Crippen LogP contribution in [0, 0.1) is 0 Å². The Morgan fingerprint density at radius 3 is 2.00 bits per heavy atom. The van der Waals surface area contributed by atoms with Gasteiger partial charge in [-0.15, -0.1) is 0 Å². The molecule has 0 saturated carbocycles. The maximum Gasteiger partial charge on any atom is 0.345 e. The van der Waals surface area contributed by atoms with Gasteiger partial charge in [-0.25, -0.2) is 10.2 Å². The summed E-state index contributed by atoms with van der Waals surface area (Å²) in [7, 11) is 0. The third-order valence-electron chi connectivity index (χ3n) is 3.87. The summed E-state index contributed by atoms with van der Waals surface area (Å²) in [6, 6.07) is 14.7. The van der Waals surface area contributed by atoms with Crippen molar-refractivity contribution in [3.63, 3.8) is 0 Å². The average molecular weight is 337 g/mol. The molecule has 2 aromatic rings. The third-order valence-corrected chi connectivity index (χ3v) is 3.87. The number of anilines is 2. The molecule has 0 fully saturated rings. The fourth-order valence-electron chi connectivity index (χ4n) is 2.67. The summed E-state index contributed by atoms with van der Waals surface area (Å²) in [5.74, 6) is -0.350. The molecule has 0 aliphatic carbocycles. The number of nitrogens with one attached hydrogen (secondary N) is 2. The van der Waals surface area contributed by atoms with Crippen LogP contribution in [0.1, 0.15) is 24.0 Å². The lowest BCUT2D eigenvalue weighted by Crippen LogP contribution is -2.47. The molecular weight excluding hydrogens is 318 g/mol. The summed E-state index contributed by atoms with van der Waals surface area (Å²) >= 11 is 0. The van der Waals surface area contributed by atoms with Crippen molar-refractivity contribution in [1.29, 1.82) is 0 Å². The number of nitrogens with zero attached hydrogens (tertiary/aromatic N) is 1. The minimum atomic E-state index is -0.457. The molecule has 0 radical (unpaired) electrons. The number of rotatable bonds is 3. The molecular formula is C19H19N3O3. The Hall–Kier alpha value is -3.12. The molecule has 3 N–H and O–H groups in total. The number of aliphatic hydroxyl groups is 1. The van der Waals surface area contributed by atoms with E-state index < -0.39 is 6.03 Å².